The molecule has 22 heavy (non-hydrogen) atoms. The second kappa shape index (κ2) is 6.27. The highest BCUT2D eigenvalue weighted by Crippen LogP contribution is 2.18. The summed E-state index contributed by atoms with van der Waals surface area (Å²) in [5.41, 5.74) is -0.825. The van der Waals surface area contributed by atoms with Crippen LogP contribution < -0.4 is 11.1 Å². The van der Waals surface area contributed by atoms with E-state index in [4.69, 9.17) is 16.3 Å². The number of hydrogen-bond donors (Lipinski definition) is 1. The van der Waals surface area contributed by atoms with Gasteiger partial charge in [-0.2, -0.15) is 4.98 Å². The Morgan fingerprint density at radius 3 is 2.68 bits per heavy atom. The Morgan fingerprint density at radius 2 is 2.09 bits per heavy atom. The zero-order valence-corrected chi connectivity index (χ0v) is 13.1. The average molecular weight is 327 g/mol. The molecule has 2 aromatic rings. The minimum Gasteiger partial charge on any atom is -0.459 e. The van der Waals surface area contributed by atoms with Gasteiger partial charge in [0.1, 0.15) is 17.8 Å². The summed E-state index contributed by atoms with van der Waals surface area (Å²) in [6, 6.07) is -0.246. The van der Waals surface area contributed by atoms with Crippen LogP contribution in [0.2, 0.25) is 5.28 Å². The Bertz CT molecular complexity index is 842. The molecule has 8 nitrogen and oxygen atoms in total. The fourth-order valence-corrected chi connectivity index (χ4v) is 2.19. The molecule has 0 radical (unpaired) electrons. The average Bonchev–Trinajstić information content (AvgIpc) is 2.46. The Labute approximate surface area is 130 Å². The fraction of sp³-hybridized carbons (Fsp3) is 0.462. The molecule has 1 atom stereocenters. The quantitative estimate of drug-likeness (QED) is 0.513. The lowest BCUT2D eigenvalue weighted by Crippen LogP contribution is -2.38. The van der Waals surface area contributed by atoms with Crippen molar-refractivity contribution in [3.8, 4) is 0 Å². The van der Waals surface area contributed by atoms with Crippen molar-refractivity contribution < 1.29 is 9.53 Å². The fourth-order valence-electron chi connectivity index (χ4n) is 2.01. The number of ether oxygens (including phenoxy) is 1. The zero-order chi connectivity index (χ0) is 16.4. The van der Waals surface area contributed by atoms with E-state index in [0.29, 0.717) is 6.42 Å². The number of aromatic amines is 1. The summed E-state index contributed by atoms with van der Waals surface area (Å²) in [5, 5.41) is -0.0989. The number of hydrogen-bond acceptors (Lipinski definition) is 6. The van der Waals surface area contributed by atoms with E-state index in [9.17, 15) is 14.4 Å². The molecule has 2 rings (SSSR count). The van der Waals surface area contributed by atoms with E-state index < -0.39 is 17.1 Å². The third-order valence-electron chi connectivity index (χ3n) is 3.26. The van der Waals surface area contributed by atoms with E-state index in [2.05, 4.69) is 15.0 Å². The van der Waals surface area contributed by atoms with Crippen LogP contribution >= 0.6 is 11.6 Å². The van der Waals surface area contributed by atoms with Crippen molar-refractivity contribution >= 4 is 28.7 Å². The molecule has 2 heterocycles. The van der Waals surface area contributed by atoms with Gasteiger partial charge in [0.25, 0.3) is 0 Å². The summed E-state index contributed by atoms with van der Waals surface area (Å²) in [4.78, 5) is 45.4. The molecule has 0 fully saturated rings. The third kappa shape index (κ3) is 3.01. The van der Waals surface area contributed by atoms with E-state index in [1.54, 1.807) is 6.92 Å². The lowest BCUT2D eigenvalue weighted by molar-refractivity contribution is -0.142. The summed E-state index contributed by atoms with van der Waals surface area (Å²) in [7, 11) is 0. The first-order valence-corrected chi connectivity index (χ1v) is 7.07. The van der Waals surface area contributed by atoms with E-state index in [-0.39, 0.29) is 34.8 Å². The van der Waals surface area contributed by atoms with Crippen LogP contribution in [0.1, 0.15) is 38.9 Å². The lowest BCUT2D eigenvalue weighted by atomic mass is 10.2. The number of esters is 1. The monoisotopic (exact) mass is 326 g/mol. The standard InChI is InChI=1S/C13H15ClN4O4/c1-4-6(2)18-10-9(16-11(20)12(18)21)8(5-22-7(3)19)15-13(14)17-10/h6H,4-5H2,1-3H3,(H,16,20)/t6-/m1/s1. The van der Waals surface area contributed by atoms with Crippen molar-refractivity contribution in [3.63, 3.8) is 0 Å². The molecule has 0 saturated heterocycles. The van der Waals surface area contributed by atoms with Gasteiger partial charge in [-0.1, -0.05) is 6.92 Å². The van der Waals surface area contributed by atoms with Gasteiger partial charge in [-0.25, -0.2) is 4.98 Å². The summed E-state index contributed by atoms with van der Waals surface area (Å²) in [6.07, 6.45) is 0.624. The molecular weight excluding hydrogens is 312 g/mol. The molecule has 0 aliphatic carbocycles. The maximum absolute atomic E-state index is 12.1. The van der Waals surface area contributed by atoms with Crippen LogP contribution in [0.4, 0.5) is 0 Å². The van der Waals surface area contributed by atoms with Crippen molar-refractivity contribution in [2.24, 2.45) is 0 Å². The van der Waals surface area contributed by atoms with E-state index in [1.165, 1.54) is 11.5 Å². The van der Waals surface area contributed by atoms with Gasteiger partial charge in [0, 0.05) is 13.0 Å². The molecule has 0 spiro atoms. The first-order chi connectivity index (χ1) is 10.3. The Balaban J connectivity index is 2.80. The second-order valence-electron chi connectivity index (χ2n) is 4.80. The number of nitrogens with one attached hydrogen (secondary N) is 1. The predicted molar refractivity (Wildman–Crippen MR) is 79.9 cm³/mol. The van der Waals surface area contributed by atoms with Crippen molar-refractivity contribution in [2.45, 2.75) is 39.8 Å². The van der Waals surface area contributed by atoms with Gasteiger partial charge in [-0.15, -0.1) is 0 Å². The molecular formula is C13H15ClN4O4. The Kier molecular flexibility index (Phi) is 4.60. The molecule has 0 aromatic carbocycles. The number of halogens is 1. The molecule has 0 unspecified atom stereocenters. The minimum atomic E-state index is -0.789. The van der Waals surface area contributed by atoms with E-state index >= 15 is 0 Å². The summed E-state index contributed by atoms with van der Waals surface area (Å²) < 4.78 is 6.17. The molecule has 0 bridgehead atoms. The van der Waals surface area contributed by atoms with Gasteiger partial charge in [-0.05, 0) is 24.9 Å². The topological polar surface area (TPSA) is 107 Å². The number of rotatable bonds is 4. The van der Waals surface area contributed by atoms with Gasteiger partial charge in [0.15, 0.2) is 5.65 Å². The smallest absolute Gasteiger partial charge is 0.318 e. The minimum absolute atomic E-state index is 0.0989. The first kappa shape index (κ1) is 16.2. The van der Waals surface area contributed by atoms with Crippen molar-refractivity contribution in [2.75, 3.05) is 0 Å². The van der Waals surface area contributed by atoms with Crippen molar-refractivity contribution in [1.29, 1.82) is 0 Å². The summed E-state index contributed by atoms with van der Waals surface area (Å²) in [5.74, 6) is -0.500. The number of carbonyl (C=O) groups excluding carboxylic acids is 1. The van der Waals surface area contributed by atoms with Gasteiger partial charge in [0.05, 0.1) is 0 Å². The van der Waals surface area contributed by atoms with Crippen LogP contribution in [-0.4, -0.2) is 25.5 Å². The van der Waals surface area contributed by atoms with E-state index in [0.717, 1.165) is 0 Å². The lowest BCUT2D eigenvalue weighted by Gasteiger charge is -2.16. The molecule has 9 heteroatoms. The van der Waals surface area contributed by atoms with Crippen LogP contribution in [0.25, 0.3) is 11.2 Å². The van der Waals surface area contributed by atoms with Gasteiger partial charge < -0.3 is 9.72 Å². The number of H-pyrrole nitrogens is 1. The number of carbonyl (C=O) groups is 1. The van der Waals surface area contributed by atoms with E-state index in [1.807, 2.05) is 6.92 Å². The van der Waals surface area contributed by atoms with Crippen LogP contribution in [0.15, 0.2) is 9.59 Å². The zero-order valence-electron chi connectivity index (χ0n) is 12.3. The van der Waals surface area contributed by atoms with Crippen LogP contribution in [0.5, 0.6) is 0 Å². The highest BCUT2D eigenvalue weighted by molar-refractivity contribution is 6.28. The first-order valence-electron chi connectivity index (χ1n) is 6.69. The normalized spacial score (nSPS) is 12.4. The third-order valence-corrected chi connectivity index (χ3v) is 3.43. The van der Waals surface area contributed by atoms with Crippen molar-refractivity contribution in [3.05, 3.63) is 31.7 Å². The summed E-state index contributed by atoms with van der Waals surface area (Å²) in [6.45, 7) is 4.75. The number of aromatic nitrogens is 4. The van der Waals surface area contributed by atoms with Gasteiger partial charge >= 0.3 is 17.1 Å². The summed E-state index contributed by atoms with van der Waals surface area (Å²) >= 11 is 5.88. The molecule has 0 saturated carbocycles. The maximum Gasteiger partial charge on any atom is 0.318 e. The van der Waals surface area contributed by atoms with Crippen LogP contribution in [0.3, 0.4) is 0 Å². The molecule has 0 aliphatic rings. The number of nitrogens with zero attached hydrogens (tertiary/aromatic N) is 3. The van der Waals surface area contributed by atoms with Gasteiger partial charge in [0.2, 0.25) is 5.28 Å². The molecule has 0 amide bonds. The van der Waals surface area contributed by atoms with Crippen molar-refractivity contribution in [1.82, 2.24) is 19.5 Å². The maximum atomic E-state index is 12.1. The van der Waals surface area contributed by atoms with Crippen LogP contribution in [-0.2, 0) is 16.1 Å². The second-order valence-corrected chi connectivity index (χ2v) is 5.14. The predicted octanol–water partition coefficient (Wildman–Crippen LogP) is 1.17. The largest absolute Gasteiger partial charge is 0.459 e. The van der Waals surface area contributed by atoms with Crippen LogP contribution in [0, 0.1) is 0 Å². The Hall–Kier alpha value is -2.22. The highest BCUT2D eigenvalue weighted by atomic mass is 35.5. The number of fused-ring (bicyclic) bond motifs is 1. The highest BCUT2D eigenvalue weighted by Gasteiger charge is 2.18. The molecule has 2 aromatic heterocycles. The SMILES string of the molecule is CC[C@@H](C)n1c(=O)c(=O)[nH]c2c(COC(C)=O)nc(Cl)nc21. The molecule has 1 N–H and O–H groups in total. The molecule has 0 aliphatic heterocycles. The van der Waals surface area contributed by atoms with Gasteiger partial charge in [-0.3, -0.25) is 19.0 Å². The Morgan fingerprint density at radius 1 is 1.41 bits per heavy atom. The molecule has 118 valence electrons.